The summed E-state index contributed by atoms with van der Waals surface area (Å²) in [6, 6.07) is 1.40. The van der Waals surface area contributed by atoms with Gasteiger partial charge in [0, 0.05) is 12.1 Å². The summed E-state index contributed by atoms with van der Waals surface area (Å²) in [6.45, 7) is 3.48. The molecule has 2 nitrogen and oxygen atoms in total. The van der Waals surface area contributed by atoms with E-state index in [0.717, 1.165) is 6.20 Å². The van der Waals surface area contributed by atoms with Crippen molar-refractivity contribution < 1.29 is 9.18 Å². The molecule has 0 saturated carbocycles. The van der Waals surface area contributed by atoms with Crippen molar-refractivity contribution >= 4 is 5.78 Å². The summed E-state index contributed by atoms with van der Waals surface area (Å²) in [4.78, 5) is 14.9. The standard InChI is InChI=1S/C9H10FNO/c1-6(2)9(12)7-3-4-11-5-8(7)10/h3-6H,1-2H3. The van der Waals surface area contributed by atoms with Crippen LogP contribution in [0.15, 0.2) is 18.5 Å². The highest BCUT2D eigenvalue weighted by Gasteiger charge is 2.14. The van der Waals surface area contributed by atoms with Crippen LogP contribution in [-0.4, -0.2) is 10.8 Å². The van der Waals surface area contributed by atoms with E-state index >= 15 is 0 Å². The predicted molar refractivity (Wildman–Crippen MR) is 43.4 cm³/mol. The molecular weight excluding hydrogens is 157 g/mol. The second-order valence-corrected chi connectivity index (χ2v) is 2.87. The number of pyridine rings is 1. The first-order chi connectivity index (χ1) is 5.63. The van der Waals surface area contributed by atoms with E-state index in [2.05, 4.69) is 4.98 Å². The molecule has 1 rings (SSSR count). The molecule has 0 aliphatic heterocycles. The molecule has 0 aromatic carbocycles. The third-order valence-electron chi connectivity index (χ3n) is 1.56. The van der Waals surface area contributed by atoms with Crippen LogP contribution < -0.4 is 0 Å². The molecule has 1 aromatic rings. The van der Waals surface area contributed by atoms with Gasteiger partial charge in [-0.2, -0.15) is 0 Å². The molecule has 0 N–H and O–H groups in total. The van der Waals surface area contributed by atoms with Crippen LogP contribution in [0.3, 0.4) is 0 Å². The van der Waals surface area contributed by atoms with Gasteiger partial charge in [0.25, 0.3) is 0 Å². The molecule has 0 fully saturated rings. The van der Waals surface area contributed by atoms with Gasteiger partial charge >= 0.3 is 0 Å². The van der Waals surface area contributed by atoms with E-state index in [1.54, 1.807) is 13.8 Å². The summed E-state index contributed by atoms with van der Waals surface area (Å²) in [5, 5.41) is 0. The van der Waals surface area contributed by atoms with Crippen molar-refractivity contribution in [2.24, 2.45) is 5.92 Å². The van der Waals surface area contributed by atoms with Gasteiger partial charge in [0.2, 0.25) is 0 Å². The maximum Gasteiger partial charge on any atom is 0.168 e. The van der Waals surface area contributed by atoms with Gasteiger partial charge in [0.05, 0.1) is 11.8 Å². The molecule has 0 amide bonds. The maximum atomic E-state index is 12.9. The van der Waals surface area contributed by atoms with E-state index in [1.165, 1.54) is 12.3 Å². The third kappa shape index (κ3) is 1.67. The summed E-state index contributed by atoms with van der Waals surface area (Å²) in [5.74, 6) is -0.909. The number of carbonyl (C=O) groups is 1. The second kappa shape index (κ2) is 3.43. The number of carbonyl (C=O) groups excluding carboxylic acids is 1. The lowest BCUT2D eigenvalue weighted by molar-refractivity contribution is 0.0935. The van der Waals surface area contributed by atoms with E-state index in [1.807, 2.05) is 0 Å². The Morgan fingerprint density at radius 1 is 1.58 bits per heavy atom. The van der Waals surface area contributed by atoms with Gasteiger partial charge in [-0.05, 0) is 6.07 Å². The largest absolute Gasteiger partial charge is 0.294 e. The van der Waals surface area contributed by atoms with Gasteiger partial charge < -0.3 is 0 Å². The first kappa shape index (κ1) is 8.84. The lowest BCUT2D eigenvalue weighted by Gasteiger charge is -2.03. The highest BCUT2D eigenvalue weighted by molar-refractivity contribution is 5.97. The quantitative estimate of drug-likeness (QED) is 0.631. The Bertz CT molecular complexity index is 296. The minimum absolute atomic E-state index is 0.125. The number of Topliss-reactive ketones (excluding diaryl/α,β-unsaturated/α-hetero) is 1. The zero-order valence-corrected chi connectivity index (χ0v) is 7.04. The number of nitrogens with zero attached hydrogens (tertiary/aromatic N) is 1. The second-order valence-electron chi connectivity index (χ2n) is 2.87. The molecule has 1 heterocycles. The summed E-state index contributed by atoms with van der Waals surface area (Å²) in [7, 11) is 0. The average molecular weight is 167 g/mol. The van der Waals surface area contributed by atoms with Gasteiger partial charge in [-0.1, -0.05) is 13.8 Å². The van der Waals surface area contributed by atoms with Crippen molar-refractivity contribution in [2.75, 3.05) is 0 Å². The van der Waals surface area contributed by atoms with Gasteiger partial charge in [-0.25, -0.2) is 4.39 Å². The molecule has 0 radical (unpaired) electrons. The first-order valence-corrected chi connectivity index (χ1v) is 3.76. The minimum atomic E-state index is -0.545. The minimum Gasteiger partial charge on any atom is -0.294 e. The number of ketones is 1. The lowest BCUT2D eigenvalue weighted by atomic mass is 10.0. The van der Waals surface area contributed by atoms with Crippen molar-refractivity contribution in [3.8, 4) is 0 Å². The summed E-state index contributed by atoms with van der Waals surface area (Å²) in [5.41, 5.74) is 0.125. The summed E-state index contributed by atoms with van der Waals surface area (Å²) >= 11 is 0. The van der Waals surface area contributed by atoms with E-state index in [4.69, 9.17) is 0 Å². The number of hydrogen-bond acceptors (Lipinski definition) is 2. The van der Waals surface area contributed by atoms with Crippen LogP contribution in [0.25, 0.3) is 0 Å². The zero-order chi connectivity index (χ0) is 9.14. The van der Waals surface area contributed by atoms with Crippen LogP contribution in [0, 0.1) is 11.7 Å². The monoisotopic (exact) mass is 167 g/mol. The molecule has 12 heavy (non-hydrogen) atoms. The number of aromatic nitrogens is 1. The smallest absolute Gasteiger partial charge is 0.168 e. The SMILES string of the molecule is CC(C)C(=O)c1ccncc1F. The van der Waals surface area contributed by atoms with Crippen LogP contribution in [0.2, 0.25) is 0 Å². The molecule has 0 bridgehead atoms. The van der Waals surface area contributed by atoms with Crippen LogP contribution >= 0.6 is 0 Å². The van der Waals surface area contributed by atoms with Gasteiger partial charge in [0.15, 0.2) is 11.6 Å². The van der Waals surface area contributed by atoms with Gasteiger partial charge in [-0.15, -0.1) is 0 Å². The van der Waals surface area contributed by atoms with Crippen LogP contribution in [0.1, 0.15) is 24.2 Å². The number of hydrogen-bond donors (Lipinski definition) is 0. The highest BCUT2D eigenvalue weighted by atomic mass is 19.1. The maximum absolute atomic E-state index is 12.9. The van der Waals surface area contributed by atoms with Crippen LogP contribution in [0.4, 0.5) is 4.39 Å². The Morgan fingerprint density at radius 3 is 2.75 bits per heavy atom. The van der Waals surface area contributed by atoms with E-state index < -0.39 is 5.82 Å². The van der Waals surface area contributed by atoms with Gasteiger partial charge in [0.1, 0.15) is 0 Å². The van der Waals surface area contributed by atoms with Crippen molar-refractivity contribution in [3.05, 3.63) is 29.8 Å². The van der Waals surface area contributed by atoms with E-state index in [-0.39, 0.29) is 17.3 Å². The Balaban J connectivity index is 3.03. The lowest BCUT2D eigenvalue weighted by Crippen LogP contribution is -2.09. The molecule has 64 valence electrons. The summed E-state index contributed by atoms with van der Waals surface area (Å²) < 4.78 is 12.9. The number of halogens is 1. The first-order valence-electron chi connectivity index (χ1n) is 3.76. The van der Waals surface area contributed by atoms with Crippen molar-refractivity contribution in [1.82, 2.24) is 4.98 Å². The molecule has 0 unspecified atom stereocenters. The average Bonchev–Trinajstić information content (AvgIpc) is 2.04. The molecule has 1 aromatic heterocycles. The summed E-state index contributed by atoms with van der Waals surface area (Å²) in [6.07, 6.45) is 2.47. The van der Waals surface area contributed by atoms with E-state index in [9.17, 15) is 9.18 Å². The van der Waals surface area contributed by atoms with Crippen LogP contribution in [-0.2, 0) is 0 Å². The topological polar surface area (TPSA) is 30.0 Å². The van der Waals surface area contributed by atoms with E-state index in [0.29, 0.717) is 0 Å². The Hall–Kier alpha value is -1.25. The third-order valence-corrected chi connectivity index (χ3v) is 1.56. The Kier molecular flexibility index (Phi) is 2.53. The molecule has 3 heteroatoms. The van der Waals surface area contributed by atoms with Crippen molar-refractivity contribution in [3.63, 3.8) is 0 Å². The molecule has 0 aliphatic carbocycles. The predicted octanol–water partition coefficient (Wildman–Crippen LogP) is 2.06. The van der Waals surface area contributed by atoms with Gasteiger partial charge in [-0.3, -0.25) is 9.78 Å². The molecule has 0 atom stereocenters. The fourth-order valence-electron chi connectivity index (χ4n) is 0.886. The zero-order valence-electron chi connectivity index (χ0n) is 7.04. The normalized spacial score (nSPS) is 10.3. The van der Waals surface area contributed by atoms with Crippen LogP contribution in [0.5, 0.6) is 0 Å². The fraction of sp³-hybridized carbons (Fsp3) is 0.333. The highest BCUT2D eigenvalue weighted by Crippen LogP contribution is 2.10. The van der Waals surface area contributed by atoms with Crippen molar-refractivity contribution in [1.29, 1.82) is 0 Å². The Morgan fingerprint density at radius 2 is 2.25 bits per heavy atom. The molecule has 0 spiro atoms. The van der Waals surface area contributed by atoms with Crippen molar-refractivity contribution in [2.45, 2.75) is 13.8 Å². The molecular formula is C9H10FNO. The fourth-order valence-corrected chi connectivity index (χ4v) is 0.886. The number of rotatable bonds is 2. The Labute approximate surface area is 70.4 Å². The molecule has 0 saturated heterocycles. The molecule has 0 aliphatic rings.